The predicted octanol–water partition coefficient (Wildman–Crippen LogP) is 2.29. The molecule has 1 aromatic rings. The standard InChI is InChI=1S/C15H22N2O/c1-17(15(18)12-6-2-3-7-12)11-14-9-5-4-8-13(14)10-16/h4-5,8-9,12H,2-3,6-7,10-11,16H2,1H3. The molecule has 1 aliphatic rings. The Labute approximate surface area is 109 Å². The smallest absolute Gasteiger partial charge is 0.225 e. The van der Waals surface area contributed by atoms with Gasteiger partial charge in [-0.3, -0.25) is 4.79 Å². The number of amides is 1. The van der Waals surface area contributed by atoms with Crippen LogP contribution in [0.2, 0.25) is 0 Å². The van der Waals surface area contributed by atoms with Crippen LogP contribution in [-0.4, -0.2) is 17.9 Å². The second-order valence-corrected chi connectivity index (χ2v) is 5.15. The first kappa shape index (κ1) is 13.1. The van der Waals surface area contributed by atoms with Crippen molar-refractivity contribution in [3.8, 4) is 0 Å². The molecule has 3 heteroatoms. The summed E-state index contributed by atoms with van der Waals surface area (Å²) in [5, 5.41) is 0. The Hall–Kier alpha value is -1.35. The summed E-state index contributed by atoms with van der Waals surface area (Å²) in [6, 6.07) is 8.08. The lowest BCUT2D eigenvalue weighted by Gasteiger charge is -2.22. The van der Waals surface area contributed by atoms with E-state index in [9.17, 15) is 4.79 Å². The fourth-order valence-corrected chi connectivity index (χ4v) is 2.73. The van der Waals surface area contributed by atoms with Gasteiger partial charge in [0.25, 0.3) is 0 Å². The van der Waals surface area contributed by atoms with Gasteiger partial charge in [-0.1, -0.05) is 37.1 Å². The minimum Gasteiger partial charge on any atom is -0.341 e. The lowest BCUT2D eigenvalue weighted by atomic mass is 10.0. The van der Waals surface area contributed by atoms with Gasteiger partial charge < -0.3 is 10.6 Å². The van der Waals surface area contributed by atoms with Gasteiger partial charge in [0.1, 0.15) is 0 Å². The molecule has 1 aromatic carbocycles. The van der Waals surface area contributed by atoms with Crippen LogP contribution in [-0.2, 0) is 17.9 Å². The van der Waals surface area contributed by atoms with Gasteiger partial charge in [-0.15, -0.1) is 0 Å². The summed E-state index contributed by atoms with van der Waals surface area (Å²) in [6.07, 6.45) is 4.51. The van der Waals surface area contributed by atoms with E-state index in [1.165, 1.54) is 12.8 Å². The van der Waals surface area contributed by atoms with Gasteiger partial charge in [0.2, 0.25) is 5.91 Å². The molecule has 0 atom stereocenters. The first-order valence-electron chi connectivity index (χ1n) is 6.74. The van der Waals surface area contributed by atoms with Gasteiger partial charge in [0.15, 0.2) is 0 Å². The van der Waals surface area contributed by atoms with Crippen molar-refractivity contribution in [2.24, 2.45) is 11.7 Å². The maximum Gasteiger partial charge on any atom is 0.225 e. The van der Waals surface area contributed by atoms with E-state index in [4.69, 9.17) is 5.73 Å². The van der Waals surface area contributed by atoms with Gasteiger partial charge in [0.05, 0.1) is 0 Å². The zero-order valence-corrected chi connectivity index (χ0v) is 11.1. The third kappa shape index (κ3) is 2.91. The zero-order chi connectivity index (χ0) is 13.0. The largest absolute Gasteiger partial charge is 0.341 e. The number of rotatable bonds is 4. The van der Waals surface area contributed by atoms with Crippen LogP contribution in [0.5, 0.6) is 0 Å². The molecule has 1 aliphatic carbocycles. The van der Waals surface area contributed by atoms with Gasteiger partial charge in [-0.25, -0.2) is 0 Å². The average molecular weight is 246 g/mol. The molecule has 0 saturated heterocycles. The summed E-state index contributed by atoms with van der Waals surface area (Å²) in [5.74, 6) is 0.541. The molecule has 2 N–H and O–H groups in total. The first-order chi connectivity index (χ1) is 8.72. The van der Waals surface area contributed by atoms with Crippen molar-refractivity contribution in [1.82, 2.24) is 4.90 Å². The molecule has 0 radical (unpaired) electrons. The second kappa shape index (κ2) is 6.01. The summed E-state index contributed by atoms with van der Waals surface area (Å²) in [7, 11) is 1.90. The Balaban J connectivity index is 2.01. The fraction of sp³-hybridized carbons (Fsp3) is 0.533. The van der Waals surface area contributed by atoms with E-state index >= 15 is 0 Å². The summed E-state index contributed by atoms with van der Waals surface area (Å²) >= 11 is 0. The van der Waals surface area contributed by atoms with Crippen molar-refractivity contribution < 1.29 is 4.79 Å². The number of hydrogen-bond donors (Lipinski definition) is 1. The van der Waals surface area contributed by atoms with Crippen LogP contribution in [0, 0.1) is 5.92 Å². The molecule has 0 spiro atoms. The Morgan fingerprint density at radius 1 is 1.28 bits per heavy atom. The van der Waals surface area contributed by atoms with Crippen LogP contribution < -0.4 is 5.73 Å². The van der Waals surface area contributed by atoms with Crippen LogP contribution in [0.1, 0.15) is 36.8 Å². The number of benzene rings is 1. The van der Waals surface area contributed by atoms with Crippen molar-refractivity contribution in [2.75, 3.05) is 7.05 Å². The van der Waals surface area contributed by atoms with Crippen LogP contribution >= 0.6 is 0 Å². The van der Waals surface area contributed by atoms with E-state index in [-0.39, 0.29) is 5.92 Å². The Kier molecular flexibility index (Phi) is 4.37. The molecule has 0 aromatic heterocycles. The fourth-order valence-electron chi connectivity index (χ4n) is 2.73. The van der Waals surface area contributed by atoms with Gasteiger partial charge in [0, 0.05) is 26.1 Å². The quantitative estimate of drug-likeness (QED) is 0.886. The van der Waals surface area contributed by atoms with Crippen molar-refractivity contribution >= 4 is 5.91 Å². The van der Waals surface area contributed by atoms with Crippen molar-refractivity contribution in [2.45, 2.75) is 38.8 Å². The van der Waals surface area contributed by atoms with E-state index in [1.54, 1.807) is 0 Å². The summed E-state index contributed by atoms with van der Waals surface area (Å²) in [5.41, 5.74) is 8.01. The molecule has 98 valence electrons. The third-order valence-electron chi connectivity index (χ3n) is 3.83. The molecule has 2 rings (SSSR count). The van der Waals surface area contributed by atoms with E-state index < -0.39 is 0 Å². The third-order valence-corrected chi connectivity index (χ3v) is 3.83. The van der Waals surface area contributed by atoms with Crippen molar-refractivity contribution in [3.63, 3.8) is 0 Å². The molecule has 0 bridgehead atoms. The molecule has 3 nitrogen and oxygen atoms in total. The van der Waals surface area contributed by atoms with Crippen LogP contribution in [0.15, 0.2) is 24.3 Å². The molecule has 0 unspecified atom stereocenters. The number of hydrogen-bond acceptors (Lipinski definition) is 2. The molecule has 0 heterocycles. The maximum atomic E-state index is 12.2. The lowest BCUT2D eigenvalue weighted by Crippen LogP contribution is -2.31. The lowest BCUT2D eigenvalue weighted by molar-refractivity contribution is -0.134. The minimum absolute atomic E-state index is 0.250. The molecular weight excluding hydrogens is 224 g/mol. The van der Waals surface area contributed by atoms with Gasteiger partial charge in [-0.05, 0) is 24.0 Å². The second-order valence-electron chi connectivity index (χ2n) is 5.15. The highest BCUT2D eigenvalue weighted by molar-refractivity contribution is 5.78. The Morgan fingerprint density at radius 2 is 1.89 bits per heavy atom. The van der Waals surface area contributed by atoms with E-state index in [2.05, 4.69) is 6.07 Å². The van der Waals surface area contributed by atoms with Crippen molar-refractivity contribution in [1.29, 1.82) is 0 Å². The molecule has 1 fully saturated rings. The highest BCUT2D eigenvalue weighted by Crippen LogP contribution is 2.26. The van der Waals surface area contributed by atoms with E-state index in [0.717, 1.165) is 24.0 Å². The number of carbonyl (C=O) groups excluding carboxylic acids is 1. The Morgan fingerprint density at radius 3 is 2.50 bits per heavy atom. The normalized spacial score (nSPS) is 15.9. The van der Waals surface area contributed by atoms with Gasteiger partial charge >= 0.3 is 0 Å². The maximum absolute atomic E-state index is 12.2. The van der Waals surface area contributed by atoms with Crippen LogP contribution in [0.4, 0.5) is 0 Å². The highest BCUT2D eigenvalue weighted by atomic mass is 16.2. The summed E-state index contributed by atoms with van der Waals surface area (Å²) in [6.45, 7) is 1.20. The Bertz CT molecular complexity index is 411. The average Bonchev–Trinajstić information content (AvgIpc) is 2.92. The van der Waals surface area contributed by atoms with E-state index in [1.807, 2.05) is 30.1 Å². The van der Waals surface area contributed by atoms with E-state index in [0.29, 0.717) is 19.0 Å². The highest BCUT2D eigenvalue weighted by Gasteiger charge is 2.25. The summed E-state index contributed by atoms with van der Waals surface area (Å²) < 4.78 is 0. The molecule has 1 amide bonds. The van der Waals surface area contributed by atoms with Crippen LogP contribution in [0.25, 0.3) is 0 Å². The topological polar surface area (TPSA) is 46.3 Å². The monoisotopic (exact) mass is 246 g/mol. The van der Waals surface area contributed by atoms with Gasteiger partial charge in [-0.2, -0.15) is 0 Å². The van der Waals surface area contributed by atoms with Crippen molar-refractivity contribution in [3.05, 3.63) is 35.4 Å². The molecule has 1 saturated carbocycles. The zero-order valence-electron chi connectivity index (χ0n) is 11.1. The summed E-state index contributed by atoms with van der Waals surface area (Å²) in [4.78, 5) is 14.1. The SMILES string of the molecule is CN(Cc1ccccc1CN)C(=O)C1CCCC1. The number of carbonyl (C=O) groups is 1. The molecule has 0 aliphatic heterocycles. The number of nitrogens with two attached hydrogens (primary N) is 1. The minimum atomic E-state index is 0.250. The number of nitrogens with zero attached hydrogens (tertiary/aromatic N) is 1. The first-order valence-corrected chi connectivity index (χ1v) is 6.74. The predicted molar refractivity (Wildman–Crippen MR) is 72.8 cm³/mol. The van der Waals surface area contributed by atoms with Crippen LogP contribution in [0.3, 0.4) is 0 Å². The molecule has 18 heavy (non-hydrogen) atoms. The molecular formula is C15H22N2O.